The van der Waals surface area contributed by atoms with Crippen LogP contribution in [0.4, 0.5) is 0 Å². The van der Waals surface area contributed by atoms with Crippen LogP contribution < -0.4 is 0 Å². The van der Waals surface area contributed by atoms with Gasteiger partial charge in [0, 0.05) is 10.9 Å². The van der Waals surface area contributed by atoms with Crippen molar-refractivity contribution in [1.82, 2.24) is 0 Å². The van der Waals surface area contributed by atoms with E-state index < -0.39 is 0 Å². The number of fused-ring (bicyclic) bond motifs is 1. The van der Waals surface area contributed by atoms with E-state index in [0.29, 0.717) is 0 Å². The number of hydrogen-bond donors (Lipinski definition) is 0. The lowest BCUT2D eigenvalue weighted by atomic mass is 10.0. The molecule has 0 saturated carbocycles. The van der Waals surface area contributed by atoms with Crippen molar-refractivity contribution in [2.75, 3.05) is 0 Å². The molecule has 0 bridgehead atoms. The van der Waals surface area contributed by atoms with Crippen LogP contribution in [-0.2, 0) is 0 Å². The Morgan fingerprint density at radius 1 is 0.652 bits per heavy atom. The molecule has 0 spiro atoms. The second-order valence-corrected chi connectivity index (χ2v) is 5.48. The average Bonchev–Trinajstić information content (AvgIpc) is 3.05. The van der Waals surface area contributed by atoms with Crippen LogP contribution >= 0.6 is 0 Å². The van der Waals surface area contributed by atoms with Gasteiger partial charge in [0.25, 0.3) is 0 Å². The minimum Gasteiger partial charge on any atom is -0.456 e. The molecule has 23 heavy (non-hydrogen) atoms. The molecule has 0 amide bonds. The lowest BCUT2D eigenvalue weighted by Crippen LogP contribution is -1.80. The van der Waals surface area contributed by atoms with E-state index in [1.165, 1.54) is 5.56 Å². The third-order valence-electron chi connectivity index (χ3n) is 3.91. The first-order chi connectivity index (χ1) is 11.4. The summed E-state index contributed by atoms with van der Waals surface area (Å²) in [7, 11) is 0. The Hall–Kier alpha value is -3.06. The first-order valence-corrected chi connectivity index (χ1v) is 7.71. The standard InChI is InChI=1S/C22H16O/c1-2-8-17(9-3-1)14-15-18-10-4-6-12-20(18)22-16-19-11-5-7-13-21(19)23-22/h1-16H. The normalized spacial score (nSPS) is 11.3. The summed E-state index contributed by atoms with van der Waals surface area (Å²) in [5.74, 6) is 0.902. The molecular weight excluding hydrogens is 280 g/mol. The van der Waals surface area contributed by atoms with Crippen molar-refractivity contribution in [2.45, 2.75) is 0 Å². The van der Waals surface area contributed by atoms with Gasteiger partial charge in [-0.1, -0.05) is 84.9 Å². The van der Waals surface area contributed by atoms with Crippen molar-refractivity contribution in [2.24, 2.45) is 0 Å². The zero-order chi connectivity index (χ0) is 15.5. The molecule has 0 fully saturated rings. The second kappa shape index (κ2) is 5.98. The minimum atomic E-state index is 0.902. The van der Waals surface area contributed by atoms with Crippen LogP contribution in [0.2, 0.25) is 0 Å². The van der Waals surface area contributed by atoms with E-state index in [4.69, 9.17) is 4.42 Å². The first kappa shape index (κ1) is 13.6. The van der Waals surface area contributed by atoms with Crippen molar-refractivity contribution < 1.29 is 4.42 Å². The largest absolute Gasteiger partial charge is 0.456 e. The van der Waals surface area contributed by atoms with E-state index in [0.717, 1.165) is 27.9 Å². The van der Waals surface area contributed by atoms with Crippen LogP contribution in [0.15, 0.2) is 89.3 Å². The molecule has 1 nitrogen and oxygen atoms in total. The maximum Gasteiger partial charge on any atom is 0.136 e. The van der Waals surface area contributed by atoms with Gasteiger partial charge in [0.05, 0.1) is 0 Å². The zero-order valence-electron chi connectivity index (χ0n) is 12.6. The Kier molecular flexibility index (Phi) is 3.53. The van der Waals surface area contributed by atoms with E-state index in [-0.39, 0.29) is 0 Å². The van der Waals surface area contributed by atoms with Gasteiger partial charge in [-0.25, -0.2) is 0 Å². The Morgan fingerprint density at radius 3 is 2.26 bits per heavy atom. The molecule has 0 aliphatic heterocycles. The summed E-state index contributed by atoms with van der Waals surface area (Å²) in [4.78, 5) is 0. The van der Waals surface area contributed by atoms with Crippen molar-refractivity contribution >= 4 is 23.1 Å². The molecule has 0 atom stereocenters. The SMILES string of the molecule is C(=Cc1ccccc1-c1cc2ccccc2o1)c1ccccc1. The van der Waals surface area contributed by atoms with Crippen LogP contribution in [0.1, 0.15) is 11.1 Å². The molecule has 1 heterocycles. The maximum absolute atomic E-state index is 6.01. The third-order valence-corrected chi connectivity index (χ3v) is 3.91. The fraction of sp³-hybridized carbons (Fsp3) is 0. The van der Waals surface area contributed by atoms with Crippen LogP contribution in [-0.4, -0.2) is 0 Å². The van der Waals surface area contributed by atoms with Crippen molar-refractivity contribution in [3.05, 3.63) is 96.1 Å². The summed E-state index contributed by atoms with van der Waals surface area (Å²) >= 11 is 0. The molecule has 4 aromatic rings. The average molecular weight is 296 g/mol. The van der Waals surface area contributed by atoms with Gasteiger partial charge in [0.1, 0.15) is 11.3 Å². The molecule has 0 radical (unpaired) electrons. The van der Waals surface area contributed by atoms with Gasteiger partial charge in [-0.05, 0) is 23.3 Å². The van der Waals surface area contributed by atoms with E-state index in [9.17, 15) is 0 Å². The number of rotatable bonds is 3. The van der Waals surface area contributed by atoms with Crippen LogP contribution in [0.3, 0.4) is 0 Å². The molecule has 0 saturated heterocycles. The van der Waals surface area contributed by atoms with Crippen molar-refractivity contribution in [3.8, 4) is 11.3 Å². The summed E-state index contributed by atoms with van der Waals surface area (Å²) in [6, 6.07) is 28.8. The van der Waals surface area contributed by atoms with Crippen LogP contribution in [0.5, 0.6) is 0 Å². The number of benzene rings is 3. The molecule has 0 aliphatic rings. The van der Waals surface area contributed by atoms with Crippen LogP contribution in [0.25, 0.3) is 34.4 Å². The predicted molar refractivity (Wildman–Crippen MR) is 97.0 cm³/mol. The summed E-state index contributed by atoms with van der Waals surface area (Å²) in [6.45, 7) is 0. The molecule has 1 heteroatoms. The van der Waals surface area contributed by atoms with Gasteiger partial charge in [-0.15, -0.1) is 0 Å². The molecule has 3 aromatic carbocycles. The topological polar surface area (TPSA) is 13.1 Å². The van der Waals surface area contributed by atoms with Gasteiger partial charge in [-0.2, -0.15) is 0 Å². The molecular formula is C22H16O. The highest BCUT2D eigenvalue weighted by Gasteiger charge is 2.08. The third kappa shape index (κ3) is 2.82. The fourth-order valence-corrected chi connectivity index (χ4v) is 2.73. The summed E-state index contributed by atoms with van der Waals surface area (Å²) in [6.07, 6.45) is 4.26. The fourth-order valence-electron chi connectivity index (χ4n) is 2.73. The second-order valence-electron chi connectivity index (χ2n) is 5.48. The Labute approximate surface area is 135 Å². The first-order valence-electron chi connectivity index (χ1n) is 7.71. The van der Waals surface area contributed by atoms with E-state index >= 15 is 0 Å². The summed E-state index contributed by atoms with van der Waals surface area (Å²) in [5.41, 5.74) is 4.36. The smallest absolute Gasteiger partial charge is 0.136 e. The van der Waals surface area contributed by atoms with Gasteiger partial charge in [0.15, 0.2) is 0 Å². The van der Waals surface area contributed by atoms with Crippen LogP contribution in [0, 0.1) is 0 Å². The molecule has 0 aliphatic carbocycles. The summed E-state index contributed by atoms with van der Waals surface area (Å²) in [5, 5.41) is 1.13. The lowest BCUT2D eigenvalue weighted by Gasteiger charge is -2.02. The van der Waals surface area contributed by atoms with E-state index in [1.54, 1.807) is 0 Å². The lowest BCUT2D eigenvalue weighted by molar-refractivity contribution is 0.631. The summed E-state index contributed by atoms with van der Waals surface area (Å²) < 4.78 is 6.01. The maximum atomic E-state index is 6.01. The highest BCUT2D eigenvalue weighted by atomic mass is 16.3. The Balaban J connectivity index is 1.76. The zero-order valence-corrected chi connectivity index (χ0v) is 12.6. The molecule has 110 valence electrons. The molecule has 4 rings (SSSR count). The minimum absolute atomic E-state index is 0.902. The highest BCUT2D eigenvalue weighted by molar-refractivity contribution is 5.86. The van der Waals surface area contributed by atoms with E-state index in [1.807, 2.05) is 42.5 Å². The van der Waals surface area contributed by atoms with Gasteiger partial charge >= 0.3 is 0 Å². The predicted octanol–water partition coefficient (Wildman–Crippen LogP) is 6.27. The van der Waals surface area contributed by atoms with Crippen molar-refractivity contribution in [3.63, 3.8) is 0 Å². The Bertz CT molecular complexity index is 928. The number of para-hydroxylation sites is 1. The molecule has 1 aromatic heterocycles. The number of hydrogen-bond acceptors (Lipinski definition) is 1. The monoisotopic (exact) mass is 296 g/mol. The Morgan fingerprint density at radius 2 is 1.39 bits per heavy atom. The van der Waals surface area contributed by atoms with Gasteiger partial charge in [-0.3, -0.25) is 0 Å². The van der Waals surface area contributed by atoms with Gasteiger partial charge < -0.3 is 4.42 Å². The highest BCUT2D eigenvalue weighted by Crippen LogP contribution is 2.30. The molecule has 0 unspecified atom stereocenters. The quantitative estimate of drug-likeness (QED) is 0.406. The number of furan rings is 1. The van der Waals surface area contributed by atoms with Crippen molar-refractivity contribution in [1.29, 1.82) is 0 Å². The molecule has 0 N–H and O–H groups in total. The van der Waals surface area contributed by atoms with Gasteiger partial charge in [0.2, 0.25) is 0 Å². The van der Waals surface area contributed by atoms with E-state index in [2.05, 4.69) is 54.6 Å².